The van der Waals surface area contributed by atoms with Gasteiger partial charge in [-0.05, 0) is 42.7 Å². The number of piperidine rings is 1. The third kappa shape index (κ3) is 4.36. The van der Waals surface area contributed by atoms with E-state index in [9.17, 15) is 4.79 Å². The van der Waals surface area contributed by atoms with Crippen molar-refractivity contribution < 1.29 is 9.53 Å². The summed E-state index contributed by atoms with van der Waals surface area (Å²) in [6, 6.07) is 6.65. The Morgan fingerprint density at radius 2 is 2.11 bits per heavy atom. The Labute approximate surface area is 161 Å². The summed E-state index contributed by atoms with van der Waals surface area (Å²) in [6.45, 7) is 7.30. The molecule has 2 saturated heterocycles. The zero-order valence-corrected chi connectivity index (χ0v) is 16.3. The number of aryl methyl sites for hydroxylation is 1. The molecule has 3 heterocycles. The largest absolute Gasteiger partial charge is 0.381 e. The molecule has 1 unspecified atom stereocenters. The molecular weight excluding hydrogens is 338 g/mol. The lowest BCUT2D eigenvalue weighted by Crippen LogP contribution is -2.46. The number of likely N-dealkylation sites (tertiary alicyclic amines) is 1. The molecule has 2 aromatic rings. The normalized spacial score (nSPS) is 21.7. The molecule has 0 bridgehead atoms. The van der Waals surface area contributed by atoms with Crippen molar-refractivity contribution >= 4 is 16.8 Å². The molecule has 27 heavy (non-hydrogen) atoms. The summed E-state index contributed by atoms with van der Waals surface area (Å²) < 4.78 is 5.48. The Kier molecular flexibility index (Phi) is 5.79. The Morgan fingerprint density at radius 3 is 2.85 bits per heavy atom. The number of amides is 1. The Bertz CT molecular complexity index is 771. The van der Waals surface area contributed by atoms with Crippen LogP contribution in [0.4, 0.5) is 0 Å². The average Bonchev–Trinajstić information content (AvgIpc) is 3.33. The van der Waals surface area contributed by atoms with Crippen molar-refractivity contribution in [2.75, 3.05) is 32.8 Å². The molecular formula is C22H31N3O2. The first-order chi connectivity index (χ1) is 13.2. The molecule has 0 saturated carbocycles. The first-order valence-corrected chi connectivity index (χ1v) is 10.4. The highest BCUT2D eigenvalue weighted by Crippen LogP contribution is 2.23. The lowest BCUT2D eigenvalue weighted by molar-refractivity contribution is -0.121. The number of nitrogens with one attached hydrogen (secondary N) is 2. The number of rotatable bonds is 6. The molecule has 146 valence electrons. The third-order valence-electron chi connectivity index (χ3n) is 6.11. The van der Waals surface area contributed by atoms with Gasteiger partial charge in [-0.25, -0.2) is 0 Å². The molecule has 2 N–H and O–H groups in total. The van der Waals surface area contributed by atoms with Gasteiger partial charge in [-0.15, -0.1) is 0 Å². The van der Waals surface area contributed by atoms with Gasteiger partial charge in [0.25, 0.3) is 0 Å². The van der Waals surface area contributed by atoms with Gasteiger partial charge in [-0.3, -0.25) is 4.79 Å². The smallest absolute Gasteiger partial charge is 0.224 e. The van der Waals surface area contributed by atoms with Crippen molar-refractivity contribution in [3.8, 4) is 0 Å². The van der Waals surface area contributed by atoms with Crippen molar-refractivity contribution in [3.05, 3.63) is 35.5 Å². The first-order valence-electron chi connectivity index (χ1n) is 10.4. The maximum atomic E-state index is 12.6. The summed E-state index contributed by atoms with van der Waals surface area (Å²) in [5.74, 6) is 0.839. The van der Waals surface area contributed by atoms with Gasteiger partial charge in [0.1, 0.15) is 0 Å². The van der Waals surface area contributed by atoms with Gasteiger partial charge >= 0.3 is 0 Å². The quantitative estimate of drug-likeness (QED) is 0.823. The van der Waals surface area contributed by atoms with E-state index in [0.717, 1.165) is 57.7 Å². The summed E-state index contributed by atoms with van der Waals surface area (Å²) in [6.07, 6.45) is 6.74. The molecule has 1 aromatic carbocycles. The fourth-order valence-electron chi connectivity index (χ4n) is 4.52. The number of hydrogen-bond acceptors (Lipinski definition) is 3. The van der Waals surface area contributed by atoms with Crippen LogP contribution in [0.15, 0.2) is 24.4 Å². The predicted molar refractivity (Wildman–Crippen MR) is 108 cm³/mol. The number of H-pyrrole nitrogens is 1. The van der Waals surface area contributed by atoms with E-state index in [1.807, 2.05) is 6.20 Å². The molecule has 1 amide bonds. The molecule has 1 aromatic heterocycles. The van der Waals surface area contributed by atoms with Crippen molar-refractivity contribution in [2.45, 2.75) is 45.1 Å². The van der Waals surface area contributed by atoms with E-state index >= 15 is 0 Å². The number of carbonyl (C=O) groups is 1. The van der Waals surface area contributed by atoms with Gasteiger partial charge < -0.3 is 19.9 Å². The maximum absolute atomic E-state index is 12.6. The fourth-order valence-corrected chi connectivity index (χ4v) is 4.52. The van der Waals surface area contributed by atoms with Crippen LogP contribution in [0.25, 0.3) is 10.9 Å². The van der Waals surface area contributed by atoms with Gasteiger partial charge in [0.2, 0.25) is 5.91 Å². The zero-order chi connectivity index (χ0) is 18.6. The summed E-state index contributed by atoms with van der Waals surface area (Å²) in [4.78, 5) is 18.5. The highest BCUT2D eigenvalue weighted by atomic mass is 16.5. The molecule has 1 atom stereocenters. The van der Waals surface area contributed by atoms with E-state index in [1.165, 1.54) is 22.9 Å². The number of nitrogens with zero attached hydrogens (tertiary/aromatic N) is 1. The minimum Gasteiger partial charge on any atom is -0.381 e. The molecule has 4 rings (SSSR count). The fraction of sp³-hybridized carbons (Fsp3) is 0.591. The van der Waals surface area contributed by atoms with Crippen LogP contribution in [0.2, 0.25) is 0 Å². The van der Waals surface area contributed by atoms with Crippen LogP contribution in [0, 0.1) is 5.92 Å². The van der Waals surface area contributed by atoms with Crippen molar-refractivity contribution in [3.63, 3.8) is 0 Å². The van der Waals surface area contributed by atoms with Gasteiger partial charge in [-0.2, -0.15) is 0 Å². The van der Waals surface area contributed by atoms with Crippen molar-refractivity contribution in [2.24, 2.45) is 5.92 Å². The standard InChI is InChI=1S/C22H31N3O2/c1-2-17-4-3-5-20-18(13-23-22(17)20)12-21(26)24-19-6-9-25(10-7-19)14-16-8-11-27-15-16/h3-5,13,16,19,23H,2,6-12,14-15H2,1H3,(H,24,26). The number of benzene rings is 1. The van der Waals surface area contributed by atoms with Crippen LogP contribution in [-0.4, -0.2) is 54.7 Å². The Morgan fingerprint density at radius 1 is 1.26 bits per heavy atom. The summed E-state index contributed by atoms with van der Waals surface area (Å²) in [5, 5.41) is 4.44. The van der Waals surface area contributed by atoms with Gasteiger partial charge in [-0.1, -0.05) is 25.1 Å². The molecule has 0 radical (unpaired) electrons. The molecule has 2 fully saturated rings. The van der Waals surface area contributed by atoms with E-state index in [-0.39, 0.29) is 5.91 Å². The SMILES string of the molecule is CCc1cccc2c(CC(=O)NC3CCN(CC4CCOC4)CC3)c[nH]c12. The summed E-state index contributed by atoms with van der Waals surface area (Å²) in [5.41, 5.74) is 3.57. The number of aromatic nitrogens is 1. The van der Waals surface area contributed by atoms with Crippen LogP contribution in [-0.2, 0) is 22.4 Å². The number of ether oxygens (including phenoxy) is 1. The second-order valence-corrected chi connectivity index (χ2v) is 8.06. The maximum Gasteiger partial charge on any atom is 0.224 e. The number of fused-ring (bicyclic) bond motifs is 1. The number of aromatic amines is 1. The Balaban J connectivity index is 1.28. The van der Waals surface area contributed by atoms with Gasteiger partial charge in [0.15, 0.2) is 0 Å². The highest BCUT2D eigenvalue weighted by molar-refractivity contribution is 5.90. The van der Waals surface area contributed by atoms with Crippen LogP contribution in [0.5, 0.6) is 0 Å². The number of carbonyl (C=O) groups excluding carboxylic acids is 1. The monoisotopic (exact) mass is 369 g/mol. The minimum absolute atomic E-state index is 0.139. The molecule has 5 nitrogen and oxygen atoms in total. The van der Waals surface area contributed by atoms with Crippen molar-refractivity contribution in [1.29, 1.82) is 0 Å². The lowest BCUT2D eigenvalue weighted by atomic mass is 10.0. The summed E-state index contributed by atoms with van der Waals surface area (Å²) >= 11 is 0. The van der Waals surface area contributed by atoms with E-state index in [0.29, 0.717) is 18.4 Å². The lowest BCUT2D eigenvalue weighted by Gasteiger charge is -2.33. The molecule has 2 aliphatic heterocycles. The highest BCUT2D eigenvalue weighted by Gasteiger charge is 2.24. The molecule has 2 aliphatic rings. The first kappa shape index (κ1) is 18.5. The molecule has 0 aliphatic carbocycles. The second kappa shape index (κ2) is 8.44. The van der Waals surface area contributed by atoms with Crippen LogP contribution in [0.3, 0.4) is 0 Å². The minimum atomic E-state index is 0.139. The number of hydrogen-bond donors (Lipinski definition) is 2. The van der Waals surface area contributed by atoms with E-state index in [2.05, 4.69) is 40.3 Å². The van der Waals surface area contributed by atoms with Crippen LogP contribution >= 0.6 is 0 Å². The third-order valence-corrected chi connectivity index (χ3v) is 6.11. The van der Waals surface area contributed by atoms with Crippen LogP contribution in [0.1, 0.15) is 37.3 Å². The van der Waals surface area contributed by atoms with E-state index in [4.69, 9.17) is 4.74 Å². The van der Waals surface area contributed by atoms with Gasteiger partial charge in [0, 0.05) is 49.4 Å². The summed E-state index contributed by atoms with van der Waals surface area (Å²) in [7, 11) is 0. The Hall–Kier alpha value is -1.85. The van der Waals surface area contributed by atoms with E-state index in [1.54, 1.807) is 0 Å². The van der Waals surface area contributed by atoms with Crippen molar-refractivity contribution in [1.82, 2.24) is 15.2 Å². The second-order valence-electron chi connectivity index (χ2n) is 8.06. The van der Waals surface area contributed by atoms with Gasteiger partial charge in [0.05, 0.1) is 13.0 Å². The molecule has 0 spiro atoms. The predicted octanol–water partition coefficient (Wildman–Crippen LogP) is 2.89. The topological polar surface area (TPSA) is 57.4 Å². The van der Waals surface area contributed by atoms with Crippen LogP contribution < -0.4 is 5.32 Å². The zero-order valence-electron chi connectivity index (χ0n) is 16.3. The average molecular weight is 370 g/mol. The van der Waals surface area contributed by atoms with E-state index < -0.39 is 0 Å². The molecule has 5 heteroatoms. The number of para-hydroxylation sites is 1.